The van der Waals surface area contributed by atoms with Gasteiger partial charge in [-0.3, -0.25) is 9.35 Å². The Bertz CT molecular complexity index is 471. The highest BCUT2D eigenvalue weighted by atomic mass is 32.2. The van der Waals surface area contributed by atoms with Crippen LogP contribution >= 0.6 is 0 Å². The van der Waals surface area contributed by atoms with Crippen molar-refractivity contribution in [2.24, 2.45) is 0 Å². The van der Waals surface area contributed by atoms with Crippen molar-refractivity contribution >= 4 is 15.4 Å². The van der Waals surface area contributed by atoms with Crippen LogP contribution < -0.4 is 5.32 Å². The molecule has 0 aliphatic heterocycles. The molecule has 1 rings (SSSR count). The van der Waals surface area contributed by atoms with Crippen molar-refractivity contribution in [3.05, 3.63) is 35.6 Å². The van der Waals surface area contributed by atoms with Gasteiger partial charge in [-0.2, -0.15) is 8.42 Å². The van der Waals surface area contributed by atoms with E-state index in [0.29, 0.717) is 5.56 Å². The summed E-state index contributed by atoms with van der Waals surface area (Å²) in [7, 11) is -4.73. The van der Waals surface area contributed by atoms with Crippen LogP contribution in [0.5, 0.6) is 0 Å². The third-order valence-corrected chi connectivity index (χ3v) is 2.17. The fourth-order valence-electron chi connectivity index (χ4n) is 0.912. The number of amides is 1. The van der Waals surface area contributed by atoms with E-state index in [0.717, 1.165) is 6.07 Å². The minimum Gasteiger partial charge on any atom is -0.337 e. The lowest BCUT2D eigenvalue weighted by atomic mass is 10.2. The monoisotopic (exact) mass is 233 g/mol. The summed E-state index contributed by atoms with van der Waals surface area (Å²) in [5, 5.41) is 0.415. The van der Waals surface area contributed by atoms with Gasteiger partial charge in [0, 0.05) is 6.54 Å². The minimum absolute atomic E-state index is 0.170. The number of rotatable bonds is 2. The summed E-state index contributed by atoms with van der Waals surface area (Å²) < 4.78 is 41.5. The summed E-state index contributed by atoms with van der Waals surface area (Å²) in [5.41, 5.74) is 0.395. The first-order valence-electron chi connectivity index (χ1n) is 3.89. The Hall–Kier alpha value is -1.47. The van der Waals surface area contributed by atoms with E-state index < -0.39 is 21.2 Å². The predicted octanol–water partition coefficient (Wildman–Crippen LogP) is 0.923. The molecule has 5 nitrogen and oxygen atoms in total. The zero-order valence-corrected chi connectivity index (χ0v) is 8.29. The lowest BCUT2D eigenvalue weighted by Crippen LogP contribution is -2.28. The Morgan fingerprint density at radius 1 is 1.47 bits per heavy atom. The molecule has 1 aromatic rings. The summed E-state index contributed by atoms with van der Waals surface area (Å²) in [5.74, 6) is -0.492. The van der Waals surface area contributed by atoms with Gasteiger partial charge in [0.05, 0.1) is 0 Å². The maximum absolute atomic E-state index is 12.6. The normalized spacial score (nSPS) is 11.1. The third-order valence-electron chi connectivity index (χ3n) is 1.56. The molecule has 0 aliphatic rings. The molecule has 0 fully saturated rings. The Kier molecular flexibility index (Phi) is 3.38. The Balaban J connectivity index is 2.62. The number of carbonyl (C=O) groups excluding carboxylic acids is 1. The van der Waals surface area contributed by atoms with Gasteiger partial charge in [-0.15, -0.1) is 0 Å². The van der Waals surface area contributed by atoms with E-state index in [-0.39, 0.29) is 6.54 Å². The Labute approximate surface area is 85.7 Å². The van der Waals surface area contributed by atoms with Crippen LogP contribution in [0.15, 0.2) is 24.3 Å². The molecule has 82 valence electrons. The molecule has 2 N–H and O–H groups in total. The van der Waals surface area contributed by atoms with Gasteiger partial charge < -0.3 is 5.32 Å². The van der Waals surface area contributed by atoms with Crippen LogP contribution in [0.2, 0.25) is 0 Å². The van der Waals surface area contributed by atoms with Crippen molar-refractivity contribution in [3.8, 4) is 0 Å². The molecule has 0 spiro atoms. The zero-order valence-electron chi connectivity index (χ0n) is 7.47. The van der Waals surface area contributed by atoms with Crippen LogP contribution in [0.4, 0.5) is 9.18 Å². The van der Waals surface area contributed by atoms with Gasteiger partial charge in [-0.1, -0.05) is 12.1 Å². The van der Waals surface area contributed by atoms with E-state index in [9.17, 15) is 17.6 Å². The average Bonchev–Trinajstić information content (AvgIpc) is 2.12. The largest absolute Gasteiger partial charge is 0.363 e. The molecular weight excluding hydrogens is 225 g/mol. The van der Waals surface area contributed by atoms with Crippen molar-refractivity contribution in [2.75, 3.05) is 0 Å². The van der Waals surface area contributed by atoms with Gasteiger partial charge in [-0.25, -0.2) is 4.39 Å². The van der Waals surface area contributed by atoms with E-state index in [2.05, 4.69) is 0 Å². The quantitative estimate of drug-likeness (QED) is 0.744. The number of hydrogen-bond acceptors (Lipinski definition) is 3. The van der Waals surface area contributed by atoms with Crippen molar-refractivity contribution in [1.82, 2.24) is 5.32 Å². The summed E-state index contributed by atoms with van der Waals surface area (Å²) in [4.78, 5) is 10.7. The van der Waals surface area contributed by atoms with E-state index in [1.165, 1.54) is 18.2 Å². The SMILES string of the molecule is O=C(NCc1cccc(F)c1)S(=O)(=O)O. The highest BCUT2D eigenvalue weighted by Crippen LogP contribution is 2.03. The van der Waals surface area contributed by atoms with Crippen LogP contribution in [0.25, 0.3) is 0 Å². The smallest absolute Gasteiger partial charge is 0.337 e. The molecule has 1 aromatic carbocycles. The highest BCUT2D eigenvalue weighted by molar-refractivity contribution is 8.01. The topological polar surface area (TPSA) is 83.5 Å². The molecule has 7 heteroatoms. The van der Waals surface area contributed by atoms with E-state index >= 15 is 0 Å². The minimum atomic E-state index is -4.73. The fraction of sp³-hybridized carbons (Fsp3) is 0.125. The predicted molar refractivity (Wildman–Crippen MR) is 50.2 cm³/mol. The molecule has 15 heavy (non-hydrogen) atoms. The second-order valence-corrected chi connectivity index (χ2v) is 4.07. The van der Waals surface area contributed by atoms with Crippen molar-refractivity contribution in [3.63, 3.8) is 0 Å². The first-order chi connectivity index (χ1) is 6.89. The zero-order chi connectivity index (χ0) is 11.5. The maximum Gasteiger partial charge on any atom is 0.363 e. The Morgan fingerprint density at radius 3 is 2.67 bits per heavy atom. The summed E-state index contributed by atoms with van der Waals surface area (Å²) in [6.07, 6.45) is 0. The van der Waals surface area contributed by atoms with Gasteiger partial charge in [0.2, 0.25) is 0 Å². The van der Waals surface area contributed by atoms with E-state index in [1.807, 2.05) is 5.32 Å². The number of nitrogens with one attached hydrogen (secondary N) is 1. The summed E-state index contributed by atoms with van der Waals surface area (Å²) >= 11 is 0. The standard InChI is InChI=1S/C8H8FNO4S/c9-7-3-1-2-6(4-7)5-10-8(11)15(12,13)14/h1-4H,5H2,(H,10,11)(H,12,13,14). The van der Waals surface area contributed by atoms with Gasteiger partial charge >= 0.3 is 15.4 Å². The van der Waals surface area contributed by atoms with Crippen LogP contribution in [0.1, 0.15) is 5.56 Å². The van der Waals surface area contributed by atoms with Crippen molar-refractivity contribution in [2.45, 2.75) is 6.54 Å². The van der Waals surface area contributed by atoms with Crippen LogP contribution in [0, 0.1) is 5.82 Å². The summed E-state index contributed by atoms with van der Waals surface area (Å²) in [6.45, 7) is -0.170. The molecule has 0 saturated carbocycles. The average molecular weight is 233 g/mol. The molecule has 0 saturated heterocycles. The second kappa shape index (κ2) is 4.37. The number of halogens is 1. The third kappa shape index (κ3) is 3.64. The van der Waals surface area contributed by atoms with E-state index in [1.54, 1.807) is 0 Å². The Morgan fingerprint density at radius 2 is 2.13 bits per heavy atom. The molecule has 0 atom stereocenters. The number of hydrogen-bond donors (Lipinski definition) is 2. The first kappa shape index (κ1) is 11.6. The second-order valence-electron chi connectivity index (χ2n) is 2.75. The van der Waals surface area contributed by atoms with Crippen LogP contribution in [-0.2, 0) is 16.7 Å². The molecule has 0 heterocycles. The lowest BCUT2D eigenvalue weighted by Gasteiger charge is -2.02. The molecule has 1 amide bonds. The molecular formula is C8H8FNO4S. The molecule has 0 radical (unpaired) electrons. The van der Waals surface area contributed by atoms with Crippen LogP contribution in [0.3, 0.4) is 0 Å². The molecule has 0 bridgehead atoms. The van der Waals surface area contributed by atoms with E-state index in [4.69, 9.17) is 4.55 Å². The fourth-order valence-corrected chi connectivity index (χ4v) is 1.17. The lowest BCUT2D eigenvalue weighted by molar-refractivity contribution is 0.255. The first-order valence-corrected chi connectivity index (χ1v) is 5.33. The van der Waals surface area contributed by atoms with Crippen molar-refractivity contribution in [1.29, 1.82) is 0 Å². The van der Waals surface area contributed by atoms with Crippen molar-refractivity contribution < 1.29 is 22.2 Å². The highest BCUT2D eigenvalue weighted by Gasteiger charge is 2.16. The molecule has 0 aliphatic carbocycles. The molecule has 0 unspecified atom stereocenters. The van der Waals surface area contributed by atoms with Gasteiger partial charge in [0.15, 0.2) is 0 Å². The molecule has 0 aromatic heterocycles. The number of benzene rings is 1. The summed E-state index contributed by atoms with van der Waals surface area (Å²) in [6, 6.07) is 5.29. The van der Waals surface area contributed by atoms with Crippen LogP contribution in [-0.4, -0.2) is 18.2 Å². The van der Waals surface area contributed by atoms with Gasteiger partial charge in [0.25, 0.3) is 0 Å². The number of carbonyl (C=O) groups is 1. The maximum atomic E-state index is 12.6. The van der Waals surface area contributed by atoms with Gasteiger partial charge in [0.1, 0.15) is 5.82 Å². The van der Waals surface area contributed by atoms with Gasteiger partial charge in [-0.05, 0) is 17.7 Å².